The number of carbonyl (C=O) groups excluding carboxylic acids is 2. The molecule has 0 N–H and O–H groups in total. The SMILES string of the molecule is CCOc1cc(/C=C2\N=C(c3ccc(OC(C)C)cc3)OC2=O)cc(Cl)c1OCC(=O)N(C)C. The molecule has 9 heteroatoms. The van der Waals surface area contributed by atoms with Gasteiger partial charge in [-0.2, -0.15) is 0 Å². The van der Waals surface area contributed by atoms with Crippen molar-refractivity contribution in [2.45, 2.75) is 26.9 Å². The normalized spacial score (nSPS) is 14.1. The summed E-state index contributed by atoms with van der Waals surface area (Å²) in [6.07, 6.45) is 1.61. The second-order valence-corrected chi connectivity index (χ2v) is 8.27. The Bertz CT molecular complexity index is 1120. The molecule has 0 bridgehead atoms. The summed E-state index contributed by atoms with van der Waals surface area (Å²) in [6, 6.07) is 10.4. The largest absolute Gasteiger partial charge is 0.491 e. The van der Waals surface area contributed by atoms with Crippen LogP contribution in [0, 0.1) is 0 Å². The molecule has 0 aromatic heterocycles. The molecule has 2 aromatic rings. The molecule has 0 radical (unpaired) electrons. The average Bonchev–Trinajstić information content (AvgIpc) is 3.13. The maximum absolute atomic E-state index is 12.4. The zero-order valence-corrected chi connectivity index (χ0v) is 20.5. The van der Waals surface area contributed by atoms with Crippen LogP contribution in [0.4, 0.5) is 0 Å². The molecule has 0 atom stereocenters. The third-order valence-electron chi connectivity index (χ3n) is 4.57. The smallest absolute Gasteiger partial charge is 0.363 e. The zero-order chi connectivity index (χ0) is 24.8. The Morgan fingerprint density at radius 3 is 2.50 bits per heavy atom. The lowest BCUT2D eigenvalue weighted by atomic mass is 10.1. The Morgan fingerprint density at radius 2 is 1.88 bits per heavy atom. The van der Waals surface area contributed by atoms with E-state index in [-0.39, 0.29) is 41.0 Å². The quantitative estimate of drug-likeness (QED) is 0.387. The number of carbonyl (C=O) groups is 2. The van der Waals surface area contributed by atoms with E-state index in [1.807, 2.05) is 20.8 Å². The summed E-state index contributed by atoms with van der Waals surface area (Å²) in [5, 5.41) is 0.237. The summed E-state index contributed by atoms with van der Waals surface area (Å²) in [4.78, 5) is 30.0. The molecule has 1 heterocycles. The minimum atomic E-state index is -0.580. The average molecular weight is 487 g/mol. The molecule has 1 amide bonds. The van der Waals surface area contributed by atoms with Crippen molar-refractivity contribution < 1.29 is 28.5 Å². The van der Waals surface area contributed by atoms with Gasteiger partial charge in [0.05, 0.1) is 17.7 Å². The van der Waals surface area contributed by atoms with Gasteiger partial charge in [0.15, 0.2) is 23.8 Å². The van der Waals surface area contributed by atoms with E-state index < -0.39 is 5.97 Å². The van der Waals surface area contributed by atoms with Crippen LogP contribution in [0.1, 0.15) is 31.9 Å². The maximum atomic E-state index is 12.4. The van der Waals surface area contributed by atoms with E-state index in [0.717, 1.165) is 0 Å². The molecule has 0 spiro atoms. The van der Waals surface area contributed by atoms with Crippen molar-refractivity contribution in [2.24, 2.45) is 4.99 Å². The highest BCUT2D eigenvalue weighted by molar-refractivity contribution is 6.32. The number of ether oxygens (including phenoxy) is 4. The topological polar surface area (TPSA) is 86.7 Å². The van der Waals surface area contributed by atoms with Crippen molar-refractivity contribution in [2.75, 3.05) is 27.3 Å². The summed E-state index contributed by atoms with van der Waals surface area (Å²) in [7, 11) is 3.27. The van der Waals surface area contributed by atoms with Gasteiger partial charge in [0.2, 0.25) is 5.90 Å². The number of cyclic esters (lactones) is 1. The Balaban J connectivity index is 1.85. The van der Waals surface area contributed by atoms with Gasteiger partial charge in [-0.25, -0.2) is 9.79 Å². The highest BCUT2D eigenvalue weighted by Crippen LogP contribution is 2.37. The minimum Gasteiger partial charge on any atom is -0.491 e. The van der Waals surface area contributed by atoms with E-state index in [2.05, 4.69) is 4.99 Å². The number of benzene rings is 2. The van der Waals surface area contributed by atoms with Crippen LogP contribution >= 0.6 is 11.6 Å². The van der Waals surface area contributed by atoms with Crippen molar-refractivity contribution in [3.8, 4) is 17.2 Å². The Labute approximate surface area is 203 Å². The first-order valence-electron chi connectivity index (χ1n) is 10.8. The lowest BCUT2D eigenvalue weighted by Gasteiger charge is -2.16. The molecule has 1 aliphatic rings. The maximum Gasteiger partial charge on any atom is 0.363 e. The molecule has 0 fully saturated rings. The van der Waals surface area contributed by atoms with Gasteiger partial charge in [0, 0.05) is 19.7 Å². The van der Waals surface area contributed by atoms with Crippen molar-refractivity contribution in [1.82, 2.24) is 4.90 Å². The van der Waals surface area contributed by atoms with Crippen LogP contribution in [0.25, 0.3) is 6.08 Å². The lowest BCUT2D eigenvalue weighted by molar-refractivity contribution is -0.131. The van der Waals surface area contributed by atoms with Gasteiger partial charge < -0.3 is 23.8 Å². The molecule has 34 heavy (non-hydrogen) atoms. The summed E-state index contributed by atoms with van der Waals surface area (Å²) < 4.78 is 22.2. The number of likely N-dealkylation sites (N-methyl/N-ethyl adjacent to an activating group) is 1. The van der Waals surface area contributed by atoms with E-state index >= 15 is 0 Å². The standard InChI is InChI=1S/C25H27ClN2O6/c1-6-31-21-13-16(11-19(26)23(21)32-14-22(29)28(4)5)12-20-25(30)34-24(27-20)17-7-9-18(10-8-17)33-15(2)3/h7-13,15H,6,14H2,1-5H3/b20-12-. The zero-order valence-electron chi connectivity index (χ0n) is 19.8. The van der Waals surface area contributed by atoms with Gasteiger partial charge in [0.25, 0.3) is 5.91 Å². The minimum absolute atomic E-state index is 0.0562. The van der Waals surface area contributed by atoms with Crippen molar-refractivity contribution >= 4 is 35.5 Å². The molecule has 0 saturated heterocycles. The van der Waals surface area contributed by atoms with Crippen LogP contribution in [0.3, 0.4) is 0 Å². The van der Waals surface area contributed by atoms with E-state index in [1.54, 1.807) is 56.6 Å². The monoisotopic (exact) mass is 486 g/mol. The first kappa shape index (κ1) is 25.1. The second kappa shape index (κ2) is 11.1. The molecule has 0 aliphatic carbocycles. The molecular formula is C25H27ClN2O6. The molecular weight excluding hydrogens is 460 g/mol. The molecule has 1 aliphatic heterocycles. The van der Waals surface area contributed by atoms with Gasteiger partial charge in [-0.05, 0) is 68.8 Å². The van der Waals surface area contributed by atoms with Crippen molar-refractivity contribution in [3.05, 3.63) is 58.2 Å². The van der Waals surface area contributed by atoms with Crippen LogP contribution < -0.4 is 14.2 Å². The number of nitrogens with zero attached hydrogens (tertiary/aromatic N) is 2. The molecule has 0 unspecified atom stereocenters. The summed E-state index contributed by atoms with van der Waals surface area (Å²) >= 11 is 6.41. The number of aliphatic imine (C=N–C) groups is 1. The van der Waals surface area contributed by atoms with Gasteiger partial charge in [0.1, 0.15) is 5.75 Å². The van der Waals surface area contributed by atoms with Gasteiger partial charge in [-0.3, -0.25) is 4.79 Å². The Hall–Kier alpha value is -3.52. The second-order valence-electron chi connectivity index (χ2n) is 7.87. The van der Waals surface area contributed by atoms with Gasteiger partial charge >= 0.3 is 5.97 Å². The third kappa shape index (κ3) is 6.29. The fourth-order valence-electron chi connectivity index (χ4n) is 2.98. The van der Waals surface area contributed by atoms with Crippen LogP contribution in [0.2, 0.25) is 5.02 Å². The highest BCUT2D eigenvalue weighted by Gasteiger charge is 2.25. The van der Waals surface area contributed by atoms with E-state index in [1.165, 1.54) is 4.90 Å². The molecule has 0 saturated carbocycles. The fourth-order valence-corrected chi connectivity index (χ4v) is 3.25. The molecule has 180 valence electrons. The summed E-state index contributed by atoms with van der Waals surface area (Å²) in [5.74, 6) is 0.720. The van der Waals surface area contributed by atoms with Crippen molar-refractivity contribution in [3.63, 3.8) is 0 Å². The van der Waals surface area contributed by atoms with E-state index in [9.17, 15) is 9.59 Å². The number of amides is 1. The third-order valence-corrected chi connectivity index (χ3v) is 4.85. The molecule has 3 rings (SSSR count). The first-order chi connectivity index (χ1) is 16.2. The van der Waals surface area contributed by atoms with E-state index in [0.29, 0.717) is 29.2 Å². The molecule has 8 nitrogen and oxygen atoms in total. The number of hydrogen-bond donors (Lipinski definition) is 0. The van der Waals surface area contributed by atoms with Gasteiger partial charge in [-0.15, -0.1) is 0 Å². The predicted octanol–water partition coefficient (Wildman–Crippen LogP) is 4.34. The Morgan fingerprint density at radius 1 is 1.18 bits per heavy atom. The number of rotatable bonds is 9. The van der Waals surface area contributed by atoms with Crippen LogP contribution in [0.15, 0.2) is 47.1 Å². The fraction of sp³-hybridized carbons (Fsp3) is 0.320. The van der Waals surface area contributed by atoms with Gasteiger partial charge in [-0.1, -0.05) is 11.6 Å². The highest BCUT2D eigenvalue weighted by atomic mass is 35.5. The molecule has 2 aromatic carbocycles. The lowest BCUT2D eigenvalue weighted by Crippen LogP contribution is -2.27. The van der Waals surface area contributed by atoms with Crippen molar-refractivity contribution in [1.29, 1.82) is 0 Å². The van der Waals surface area contributed by atoms with Crippen LogP contribution in [-0.4, -0.2) is 56.1 Å². The predicted molar refractivity (Wildman–Crippen MR) is 130 cm³/mol. The number of halogens is 1. The summed E-state index contributed by atoms with van der Waals surface area (Å²) in [5.41, 5.74) is 1.33. The van der Waals surface area contributed by atoms with E-state index in [4.69, 9.17) is 30.5 Å². The first-order valence-corrected chi connectivity index (χ1v) is 11.1. The summed E-state index contributed by atoms with van der Waals surface area (Å²) in [6.45, 7) is 5.87. The number of hydrogen-bond acceptors (Lipinski definition) is 7. The Kier molecular flexibility index (Phi) is 8.17. The van der Waals surface area contributed by atoms with Crippen LogP contribution in [-0.2, 0) is 14.3 Å². The number of esters is 1. The van der Waals surface area contributed by atoms with Crippen LogP contribution in [0.5, 0.6) is 17.2 Å².